The van der Waals surface area contributed by atoms with E-state index >= 15 is 0 Å². The molecule has 7 nitrogen and oxygen atoms in total. The van der Waals surface area contributed by atoms with Gasteiger partial charge in [0.2, 0.25) is 5.91 Å². The Morgan fingerprint density at radius 3 is 2.21 bits per heavy atom. The summed E-state index contributed by atoms with van der Waals surface area (Å²) >= 11 is 0. The zero-order valence-electron chi connectivity index (χ0n) is 18.7. The Morgan fingerprint density at radius 1 is 1.03 bits per heavy atom. The number of rotatable bonds is 7. The SMILES string of the molecule is CC(C)N(CC(=O)O)C(=O)C1C=CC(NC(=O)OCC2c3ccccc3-c3ccccc32)C1. The number of amides is 2. The number of carbonyl (C=O) groups is 3. The number of carboxylic acids is 1. The molecule has 2 atom stereocenters. The van der Waals surface area contributed by atoms with Gasteiger partial charge < -0.3 is 20.1 Å². The second-order valence-corrected chi connectivity index (χ2v) is 8.76. The minimum absolute atomic E-state index is 0.0211. The van der Waals surface area contributed by atoms with Crippen LogP contribution in [0, 0.1) is 5.92 Å². The Kier molecular flexibility index (Phi) is 6.49. The lowest BCUT2D eigenvalue weighted by Crippen LogP contribution is -2.44. The summed E-state index contributed by atoms with van der Waals surface area (Å²) in [6.45, 7) is 3.45. The maximum absolute atomic E-state index is 12.8. The molecule has 0 heterocycles. The largest absolute Gasteiger partial charge is 0.480 e. The van der Waals surface area contributed by atoms with Crippen LogP contribution < -0.4 is 5.32 Å². The highest BCUT2D eigenvalue weighted by Crippen LogP contribution is 2.44. The predicted octanol–water partition coefficient (Wildman–Crippen LogP) is 3.79. The summed E-state index contributed by atoms with van der Waals surface area (Å²) in [6, 6.07) is 15.7. The Morgan fingerprint density at radius 2 is 1.64 bits per heavy atom. The molecule has 2 aromatic carbocycles. The van der Waals surface area contributed by atoms with Crippen molar-refractivity contribution in [2.75, 3.05) is 13.2 Å². The maximum atomic E-state index is 12.8. The molecule has 0 fully saturated rings. The van der Waals surface area contributed by atoms with Gasteiger partial charge in [-0.3, -0.25) is 9.59 Å². The average Bonchev–Trinajstić information content (AvgIpc) is 3.38. The molecule has 0 aromatic heterocycles. The Bertz CT molecular complexity index is 1050. The number of ether oxygens (including phenoxy) is 1. The van der Waals surface area contributed by atoms with Gasteiger partial charge in [-0.05, 0) is 42.5 Å². The molecule has 2 aliphatic rings. The van der Waals surface area contributed by atoms with Crippen LogP contribution in [-0.4, -0.2) is 53.2 Å². The van der Waals surface area contributed by atoms with Crippen LogP contribution in [0.5, 0.6) is 0 Å². The minimum atomic E-state index is -1.05. The van der Waals surface area contributed by atoms with E-state index in [9.17, 15) is 14.4 Å². The zero-order valence-corrected chi connectivity index (χ0v) is 18.7. The van der Waals surface area contributed by atoms with E-state index in [2.05, 4.69) is 29.6 Å². The van der Waals surface area contributed by atoms with E-state index in [4.69, 9.17) is 9.84 Å². The fraction of sp³-hybridized carbons (Fsp3) is 0.346. The van der Waals surface area contributed by atoms with Crippen LogP contribution in [0.25, 0.3) is 11.1 Å². The Hall–Kier alpha value is -3.61. The third-order valence-corrected chi connectivity index (χ3v) is 6.26. The van der Waals surface area contributed by atoms with Crippen molar-refractivity contribution in [2.45, 2.75) is 38.3 Å². The summed E-state index contributed by atoms with van der Waals surface area (Å²) in [7, 11) is 0. The van der Waals surface area contributed by atoms with Gasteiger partial charge in [-0.1, -0.05) is 60.7 Å². The van der Waals surface area contributed by atoms with E-state index in [1.54, 1.807) is 26.0 Å². The summed E-state index contributed by atoms with van der Waals surface area (Å²) in [5.74, 6) is -1.79. The van der Waals surface area contributed by atoms with Gasteiger partial charge >= 0.3 is 12.1 Å². The van der Waals surface area contributed by atoms with E-state index < -0.39 is 18.0 Å². The third kappa shape index (κ3) is 4.77. The summed E-state index contributed by atoms with van der Waals surface area (Å²) in [5, 5.41) is 11.9. The fourth-order valence-electron chi connectivity index (χ4n) is 4.65. The summed E-state index contributed by atoms with van der Waals surface area (Å²) in [4.78, 5) is 37.7. The predicted molar refractivity (Wildman–Crippen MR) is 124 cm³/mol. The number of hydrogen-bond donors (Lipinski definition) is 2. The molecule has 0 saturated heterocycles. The van der Waals surface area contributed by atoms with Crippen molar-refractivity contribution in [3.8, 4) is 11.1 Å². The number of nitrogens with one attached hydrogen (secondary N) is 1. The topological polar surface area (TPSA) is 95.9 Å². The number of nitrogens with zero attached hydrogens (tertiary/aromatic N) is 1. The molecule has 2 unspecified atom stereocenters. The first-order valence-electron chi connectivity index (χ1n) is 11.2. The molecule has 0 spiro atoms. The summed E-state index contributed by atoms with van der Waals surface area (Å²) in [5.41, 5.74) is 4.62. The number of carboxylic acid groups (broad SMARTS) is 1. The zero-order chi connectivity index (χ0) is 23.5. The number of fused-ring (bicyclic) bond motifs is 3. The molecular formula is C26H28N2O5. The third-order valence-electron chi connectivity index (χ3n) is 6.26. The molecule has 172 valence electrons. The monoisotopic (exact) mass is 448 g/mol. The van der Waals surface area contributed by atoms with Gasteiger partial charge in [0.1, 0.15) is 13.2 Å². The van der Waals surface area contributed by atoms with Gasteiger partial charge in [0.05, 0.1) is 12.0 Å². The van der Waals surface area contributed by atoms with E-state index in [0.717, 1.165) is 11.1 Å². The van der Waals surface area contributed by atoms with Crippen molar-refractivity contribution in [3.05, 3.63) is 71.8 Å². The van der Waals surface area contributed by atoms with Crippen molar-refractivity contribution >= 4 is 18.0 Å². The minimum Gasteiger partial charge on any atom is -0.480 e. The van der Waals surface area contributed by atoms with Crippen molar-refractivity contribution in [1.82, 2.24) is 10.2 Å². The number of carbonyl (C=O) groups excluding carboxylic acids is 2. The highest BCUT2D eigenvalue weighted by molar-refractivity contribution is 5.85. The van der Waals surface area contributed by atoms with Crippen LogP contribution in [0.15, 0.2) is 60.7 Å². The van der Waals surface area contributed by atoms with E-state index in [0.29, 0.717) is 6.42 Å². The molecule has 7 heteroatoms. The van der Waals surface area contributed by atoms with E-state index in [1.807, 2.05) is 24.3 Å². The number of hydrogen-bond acceptors (Lipinski definition) is 4. The molecule has 2 N–H and O–H groups in total. The summed E-state index contributed by atoms with van der Waals surface area (Å²) in [6.07, 6.45) is 3.34. The smallest absolute Gasteiger partial charge is 0.407 e. The highest BCUT2D eigenvalue weighted by atomic mass is 16.5. The van der Waals surface area contributed by atoms with E-state index in [1.165, 1.54) is 16.0 Å². The van der Waals surface area contributed by atoms with Crippen molar-refractivity contribution in [1.29, 1.82) is 0 Å². The van der Waals surface area contributed by atoms with Gasteiger partial charge in [0.25, 0.3) is 0 Å². The molecule has 0 bridgehead atoms. The lowest BCUT2D eigenvalue weighted by atomic mass is 9.98. The van der Waals surface area contributed by atoms with Crippen LogP contribution >= 0.6 is 0 Å². The second-order valence-electron chi connectivity index (χ2n) is 8.76. The number of aliphatic carboxylic acids is 1. The van der Waals surface area contributed by atoms with Gasteiger partial charge in [-0.15, -0.1) is 0 Å². The lowest BCUT2D eigenvalue weighted by Gasteiger charge is -2.27. The first-order chi connectivity index (χ1) is 15.8. The van der Waals surface area contributed by atoms with Gasteiger partial charge in [-0.25, -0.2) is 4.79 Å². The summed E-state index contributed by atoms with van der Waals surface area (Å²) < 4.78 is 5.58. The molecule has 2 aromatic rings. The molecule has 0 radical (unpaired) electrons. The highest BCUT2D eigenvalue weighted by Gasteiger charge is 2.32. The standard InChI is InChI=1S/C26H28N2O5/c1-16(2)28(14-24(29)30)25(31)17-11-12-18(13-17)27-26(32)33-15-23-21-9-5-3-7-19(21)20-8-4-6-10-22(20)23/h3-12,16-18,23H,13-15H2,1-2H3,(H,27,32)(H,29,30). The van der Waals surface area contributed by atoms with Crippen LogP contribution in [0.1, 0.15) is 37.3 Å². The fourth-order valence-corrected chi connectivity index (χ4v) is 4.65. The number of alkyl carbamates (subject to hydrolysis) is 1. The molecule has 2 aliphatic carbocycles. The normalized spacial score (nSPS) is 18.6. The molecule has 2 amide bonds. The number of benzene rings is 2. The van der Waals surface area contributed by atoms with Gasteiger partial charge in [0.15, 0.2) is 0 Å². The Labute approximate surface area is 193 Å². The van der Waals surface area contributed by atoms with Crippen LogP contribution in [0.4, 0.5) is 4.79 Å². The first kappa shape index (κ1) is 22.6. The van der Waals surface area contributed by atoms with E-state index in [-0.39, 0.29) is 37.1 Å². The first-order valence-corrected chi connectivity index (χ1v) is 11.2. The van der Waals surface area contributed by atoms with Crippen molar-refractivity contribution in [2.24, 2.45) is 5.92 Å². The van der Waals surface area contributed by atoms with Crippen molar-refractivity contribution < 1.29 is 24.2 Å². The molecule has 0 aliphatic heterocycles. The quantitative estimate of drug-likeness (QED) is 0.629. The molecule has 4 rings (SSSR count). The van der Waals surface area contributed by atoms with Crippen LogP contribution in [-0.2, 0) is 14.3 Å². The second kappa shape index (κ2) is 9.48. The molecular weight excluding hydrogens is 420 g/mol. The average molecular weight is 449 g/mol. The molecule has 33 heavy (non-hydrogen) atoms. The van der Waals surface area contributed by atoms with Crippen LogP contribution in [0.2, 0.25) is 0 Å². The molecule has 0 saturated carbocycles. The Balaban J connectivity index is 1.33. The lowest BCUT2D eigenvalue weighted by molar-refractivity contribution is -0.147. The van der Waals surface area contributed by atoms with Gasteiger partial charge in [0, 0.05) is 12.0 Å². The maximum Gasteiger partial charge on any atom is 0.407 e. The van der Waals surface area contributed by atoms with Gasteiger partial charge in [-0.2, -0.15) is 0 Å². The van der Waals surface area contributed by atoms with Crippen molar-refractivity contribution in [3.63, 3.8) is 0 Å². The van der Waals surface area contributed by atoms with Crippen LogP contribution in [0.3, 0.4) is 0 Å².